The summed E-state index contributed by atoms with van der Waals surface area (Å²) in [4.78, 5) is 0. The standard InChI is InChI=1S/C15H14ClN5/c1-11-3-2-4-12(7-11)9-17-15-8-13(5-6-14(15)16)21-10-18-19-20-21/h2-8,10,17H,9H2,1H3. The lowest BCUT2D eigenvalue weighted by molar-refractivity contribution is 0.789. The molecule has 0 aliphatic carbocycles. The van der Waals surface area contributed by atoms with Crippen LogP contribution in [0.5, 0.6) is 0 Å². The molecule has 0 amide bonds. The highest BCUT2D eigenvalue weighted by molar-refractivity contribution is 6.33. The monoisotopic (exact) mass is 299 g/mol. The number of nitrogens with one attached hydrogen (secondary N) is 1. The van der Waals surface area contributed by atoms with Crippen molar-refractivity contribution in [3.05, 3.63) is 64.9 Å². The summed E-state index contributed by atoms with van der Waals surface area (Å²) in [6, 6.07) is 14.0. The van der Waals surface area contributed by atoms with E-state index in [0.29, 0.717) is 11.6 Å². The summed E-state index contributed by atoms with van der Waals surface area (Å²) in [7, 11) is 0. The van der Waals surface area contributed by atoms with Crippen LogP contribution in [0, 0.1) is 6.92 Å². The van der Waals surface area contributed by atoms with Crippen LogP contribution >= 0.6 is 11.6 Å². The fourth-order valence-corrected chi connectivity index (χ4v) is 2.27. The van der Waals surface area contributed by atoms with Gasteiger partial charge >= 0.3 is 0 Å². The Kier molecular flexibility index (Phi) is 3.83. The molecule has 0 bridgehead atoms. The summed E-state index contributed by atoms with van der Waals surface area (Å²) >= 11 is 6.23. The summed E-state index contributed by atoms with van der Waals surface area (Å²) in [5.41, 5.74) is 4.16. The second kappa shape index (κ2) is 5.93. The maximum atomic E-state index is 6.23. The third kappa shape index (κ3) is 3.20. The minimum Gasteiger partial charge on any atom is -0.380 e. The molecule has 1 aromatic heterocycles. The van der Waals surface area contributed by atoms with E-state index in [2.05, 4.69) is 46.0 Å². The molecule has 106 valence electrons. The fraction of sp³-hybridized carbons (Fsp3) is 0.133. The number of nitrogens with zero attached hydrogens (tertiary/aromatic N) is 4. The highest BCUT2D eigenvalue weighted by atomic mass is 35.5. The molecule has 2 aromatic carbocycles. The molecule has 0 aliphatic rings. The number of aromatic nitrogens is 4. The Morgan fingerprint density at radius 2 is 2.10 bits per heavy atom. The third-order valence-corrected chi connectivity index (χ3v) is 3.46. The van der Waals surface area contributed by atoms with Crippen molar-refractivity contribution < 1.29 is 0 Å². The van der Waals surface area contributed by atoms with Gasteiger partial charge in [-0.2, -0.15) is 0 Å². The molecule has 3 aromatic rings. The topological polar surface area (TPSA) is 55.6 Å². The van der Waals surface area contributed by atoms with Crippen molar-refractivity contribution >= 4 is 17.3 Å². The number of rotatable bonds is 4. The van der Waals surface area contributed by atoms with E-state index >= 15 is 0 Å². The van der Waals surface area contributed by atoms with Gasteiger partial charge in [0.15, 0.2) is 0 Å². The number of hydrogen-bond acceptors (Lipinski definition) is 4. The molecule has 0 saturated heterocycles. The zero-order valence-corrected chi connectivity index (χ0v) is 12.2. The van der Waals surface area contributed by atoms with Crippen molar-refractivity contribution in [2.45, 2.75) is 13.5 Å². The first kappa shape index (κ1) is 13.6. The van der Waals surface area contributed by atoms with Crippen molar-refractivity contribution in [2.75, 3.05) is 5.32 Å². The lowest BCUT2D eigenvalue weighted by Gasteiger charge is -2.10. The molecule has 1 N–H and O–H groups in total. The second-order valence-corrected chi connectivity index (χ2v) is 5.17. The summed E-state index contributed by atoms with van der Waals surface area (Å²) in [6.07, 6.45) is 1.55. The van der Waals surface area contributed by atoms with Crippen LogP contribution in [0.1, 0.15) is 11.1 Å². The van der Waals surface area contributed by atoms with E-state index in [1.807, 2.05) is 24.3 Å². The summed E-state index contributed by atoms with van der Waals surface area (Å²) in [5, 5.41) is 15.1. The SMILES string of the molecule is Cc1cccc(CNc2cc(-n3cnnn3)ccc2Cl)c1. The Morgan fingerprint density at radius 3 is 2.86 bits per heavy atom. The summed E-state index contributed by atoms with van der Waals surface area (Å²) < 4.78 is 1.59. The quantitative estimate of drug-likeness (QED) is 0.803. The lowest BCUT2D eigenvalue weighted by Crippen LogP contribution is -2.02. The third-order valence-electron chi connectivity index (χ3n) is 3.13. The largest absolute Gasteiger partial charge is 0.380 e. The van der Waals surface area contributed by atoms with Gasteiger partial charge in [-0.1, -0.05) is 41.4 Å². The van der Waals surface area contributed by atoms with Crippen LogP contribution in [-0.2, 0) is 6.54 Å². The molecule has 6 heteroatoms. The van der Waals surface area contributed by atoms with Gasteiger partial charge in [0.2, 0.25) is 0 Å². The molecular formula is C15H14ClN5. The number of anilines is 1. The number of halogens is 1. The molecule has 21 heavy (non-hydrogen) atoms. The van der Waals surface area contributed by atoms with E-state index < -0.39 is 0 Å². The van der Waals surface area contributed by atoms with Gasteiger partial charge in [-0.05, 0) is 41.1 Å². The van der Waals surface area contributed by atoms with Gasteiger partial charge in [0, 0.05) is 6.54 Å². The molecule has 3 rings (SSSR count). The van der Waals surface area contributed by atoms with Crippen LogP contribution in [-0.4, -0.2) is 20.2 Å². The zero-order chi connectivity index (χ0) is 14.7. The molecule has 0 radical (unpaired) electrons. The van der Waals surface area contributed by atoms with E-state index in [1.54, 1.807) is 11.0 Å². The average molecular weight is 300 g/mol. The highest BCUT2D eigenvalue weighted by Gasteiger charge is 2.04. The highest BCUT2D eigenvalue weighted by Crippen LogP contribution is 2.25. The van der Waals surface area contributed by atoms with E-state index in [1.165, 1.54) is 11.1 Å². The van der Waals surface area contributed by atoms with Crippen molar-refractivity contribution in [1.82, 2.24) is 20.2 Å². The smallest absolute Gasteiger partial charge is 0.143 e. The predicted octanol–water partition coefficient (Wildman–Crippen LogP) is 3.24. The maximum absolute atomic E-state index is 6.23. The molecule has 0 fully saturated rings. The number of aryl methyl sites for hydroxylation is 1. The van der Waals surface area contributed by atoms with Gasteiger partial charge in [0.25, 0.3) is 0 Å². The molecule has 5 nitrogen and oxygen atoms in total. The first-order valence-electron chi connectivity index (χ1n) is 6.55. The number of benzene rings is 2. The van der Waals surface area contributed by atoms with Crippen molar-refractivity contribution in [3.63, 3.8) is 0 Å². The first-order chi connectivity index (χ1) is 10.2. The average Bonchev–Trinajstić information content (AvgIpc) is 3.01. The minimum atomic E-state index is 0.666. The van der Waals surface area contributed by atoms with Gasteiger partial charge in [0.1, 0.15) is 6.33 Å². The van der Waals surface area contributed by atoms with Crippen LogP contribution in [0.15, 0.2) is 48.8 Å². The first-order valence-corrected chi connectivity index (χ1v) is 6.92. The second-order valence-electron chi connectivity index (χ2n) is 4.76. The normalized spacial score (nSPS) is 10.6. The molecule has 0 atom stereocenters. The van der Waals surface area contributed by atoms with Gasteiger partial charge in [-0.15, -0.1) is 5.10 Å². The minimum absolute atomic E-state index is 0.666. The van der Waals surface area contributed by atoms with Crippen LogP contribution in [0.3, 0.4) is 0 Å². The van der Waals surface area contributed by atoms with Crippen molar-refractivity contribution in [2.24, 2.45) is 0 Å². The Bertz CT molecular complexity index is 740. The van der Waals surface area contributed by atoms with Gasteiger partial charge in [0.05, 0.1) is 16.4 Å². The van der Waals surface area contributed by atoms with Gasteiger partial charge in [-0.3, -0.25) is 0 Å². The molecule has 0 unspecified atom stereocenters. The van der Waals surface area contributed by atoms with Gasteiger partial charge < -0.3 is 5.32 Å². The molecule has 0 saturated carbocycles. The maximum Gasteiger partial charge on any atom is 0.143 e. The number of hydrogen-bond donors (Lipinski definition) is 1. The van der Waals surface area contributed by atoms with Crippen LogP contribution in [0.4, 0.5) is 5.69 Å². The number of tetrazole rings is 1. The van der Waals surface area contributed by atoms with E-state index in [9.17, 15) is 0 Å². The van der Waals surface area contributed by atoms with E-state index in [4.69, 9.17) is 11.6 Å². The van der Waals surface area contributed by atoms with Crippen molar-refractivity contribution in [1.29, 1.82) is 0 Å². The van der Waals surface area contributed by atoms with Crippen LogP contribution in [0.25, 0.3) is 5.69 Å². The Morgan fingerprint density at radius 1 is 1.19 bits per heavy atom. The molecular weight excluding hydrogens is 286 g/mol. The lowest BCUT2D eigenvalue weighted by atomic mass is 10.1. The molecule has 1 heterocycles. The summed E-state index contributed by atoms with van der Waals surface area (Å²) in [6.45, 7) is 2.79. The Labute approximate surface area is 127 Å². The fourth-order valence-electron chi connectivity index (χ4n) is 2.09. The van der Waals surface area contributed by atoms with E-state index in [-0.39, 0.29) is 0 Å². The zero-order valence-electron chi connectivity index (χ0n) is 11.5. The molecule has 0 spiro atoms. The van der Waals surface area contributed by atoms with Crippen molar-refractivity contribution in [3.8, 4) is 5.69 Å². The summed E-state index contributed by atoms with van der Waals surface area (Å²) in [5.74, 6) is 0. The molecule has 0 aliphatic heterocycles. The van der Waals surface area contributed by atoms with E-state index in [0.717, 1.165) is 11.4 Å². The predicted molar refractivity (Wildman–Crippen MR) is 82.7 cm³/mol. The van der Waals surface area contributed by atoms with Crippen LogP contribution < -0.4 is 5.32 Å². The Hall–Kier alpha value is -2.40. The Balaban J connectivity index is 1.80. The van der Waals surface area contributed by atoms with Crippen LogP contribution in [0.2, 0.25) is 5.02 Å². The van der Waals surface area contributed by atoms with Gasteiger partial charge in [-0.25, -0.2) is 4.68 Å².